The lowest BCUT2D eigenvalue weighted by molar-refractivity contribution is -0.0617. The van der Waals surface area contributed by atoms with E-state index in [1.807, 2.05) is 19.1 Å². The van der Waals surface area contributed by atoms with Crippen LogP contribution in [-0.2, 0) is 19.3 Å². The monoisotopic (exact) mass is 476 g/mol. The van der Waals surface area contributed by atoms with Crippen molar-refractivity contribution in [3.05, 3.63) is 47.5 Å². The molecule has 0 aliphatic carbocycles. The first-order valence-corrected chi connectivity index (χ1v) is 12.5. The van der Waals surface area contributed by atoms with E-state index in [1.54, 1.807) is 57.7 Å². The average molecular weight is 477 g/mol. The second-order valence-electron chi connectivity index (χ2n) is 7.71. The van der Waals surface area contributed by atoms with Crippen LogP contribution in [0.15, 0.2) is 41.3 Å². The third-order valence-corrected chi connectivity index (χ3v) is 7.61. The molecule has 0 radical (unpaired) electrons. The molecule has 0 bridgehead atoms. The van der Waals surface area contributed by atoms with Crippen molar-refractivity contribution in [2.24, 2.45) is 0 Å². The van der Waals surface area contributed by atoms with E-state index in [0.717, 1.165) is 24.0 Å². The molecule has 180 valence electrons. The summed E-state index contributed by atoms with van der Waals surface area (Å²) in [5.41, 5.74) is 0.702. The second kappa shape index (κ2) is 11.5. The van der Waals surface area contributed by atoms with Crippen molar-refractivity contribution in [1.29, 1.82) is 0 Å². The Bertz CT molecular complexity index is 1010. The summed E-state index contributed by atoms with van der Waals surface area (Å²) in [6.07, 6.45) is 5.62. The van der Waals surface area contributed by atoms with Crippen molar-refractivity contribution in [3.63, 3.8) is 0 Å². The number of ether oxygens (including phenoxy) is 5. The minimum Gasteiger partial charge on any atom is -0.496 e. The first-order valence-electron chi connectivity index (χ1n) is 11.0. The maximum atomic E-state index is 13.1. The number of hydrogen-bond donors (Lipinski definition) is 0. The highest BCUT2D eigenvalue weighted by atomic mass is 32.2. The highest BCUT2D eigenvalue weighted by Crippen LogP contribution is 2.35. The number of rotatable bonds is 10. The van der Waals surface area contributed by atoms with Crippen LogP contribution in [0.25, 0.3) is 12.2 Å². The van der Waals surface area contributed by atoms with E-state index >= 15 is 0 Å². The van der Waals surface area contributed by atoms with Crippen molar-refractivity contribution in [1.82, 2.24) is 0 Å². The molecular formula is C25H32O7S. The second-order valence-corrected chi connectivity index (χ2v) is 9.79. The van der Waals surface area contributed by atoms with E-state index in [9.17, 15) is 8.42 Å². The zero-order valence-corrected chi connectivity index (χ0v) is 20.4. The van der Waals surface area contributed by atoms with Crippen LogP contribution < -0.4 is 14.2 Å². The van der Waals surface area contributed by atoms with Gasteiger partial charge < -0.3 is 23.7 Å². The number of benzene rings is 2. The molecule has 2 unspecified atom stereocenters. The lowest BCUT2D eigenvalue weighted by Crippen LogP contribution is -2.34. The Balaban J connectivity index is 1.79. The maximum absolute atomic E-state index is 13.1. The van der Waals surface area contributed by atoms with E-state index in [2.05, 4.69) is 0 Å². The molecule has 8 heteroatoms. The zero-order valence-electron chi connectivity index (χ0n) is 19.6. The molecule has 2 atom stereocenters. The van der Waals surface area contributed by atoms with Crippen LogP contribution in [0.3, 0.4) is 0 Å². The summed E-state index contributed by atoms with van der Waals surface area (Å²) < 4.78 is 53.8. The normalized spacial score (nSPS) is 17.6. The molecule has 0 N–H and O–H groups in total. The van der Waals surface area contributed by atoms with Gasteiger partial charge in [0.25, 0.3) is 0 Å². The van der Waals surface area contributed by atoms with Crippen molar-refractivity contribution in [2.45, 2.75) is 42.6 Å². The minimum absolute atomic E-state index is 0.185. The molecule has 33 heavy (non-hydrogen) atoms. The molecule has 0 amide bonds. The summed E-state index contributed by atoms with van der Waals surface area (Å²) in [5, 5.41) is 0. The van der Waals surface area contributed by atoms with E-state index in [-0.39, 0.29) is 11.0 Å². The number of hydrogen-bond acceptors (Lipinski definition) is 7. The van der Waals surface area contributed by atoms with Crippen molar-refractivity contribution in [3.8, 4) is 17.2 Å². The Labute approximate surface area is 196 Å². The molecule has 1 aliphatic heterocycles. The van der Waals surface area contributed by atoms with Crippen LogP contribution in [0.4, 0.5) is 0 Å². The van der Waals surface area contributed by atoms with Gasteiger partial charge in [0.1, 0.15) is 17.2 Å². The molecule has 2 aromatic carbocycles. The molecule has 1 aliphatic rings. The van der Waals surface area contributed by atoms with Gasteiger partial charge >= 0.3 is 0 Å². The predicted octanol–water partition coefficient (Wildman–Crippen LogP) is 4.59. The van der Waals surface area contributed by atoms with Crippen molar-refractivity contribution < 1.29 is 32.1 Å². The van der Waals surface area contributed by atoms with Gasteiger partial charge in [-0.2, -0.15) is 0 Å². The number of sulfone groups is 1. The Hall–Kier alpha value is -2.55. The van der Waals surface area contributed by atoms with Gasteiger partial charge in [-0.3, -0.25) is 0 Å². The first kappa shape index (κ1) is 25.1. The molecule has 1 fully saturated rings. The third kappa shape index (κ3) is 6.07. The zero-order chi connectivity index (χ0) is 23.8. The fourth-order valence-electron chi connectivity index (χ4n) is 3.72. The molecule has 3 rings (SSSR count). The number of methoxy groups -OCH3 is 3. The molecule has 2 aromatic rings. The molecule has 0 saturated carbocycles. The predicted molar refractivity (Wildman–Crippen MR) is 128 cm³/mol. The van der Waals surface area contributed by atoms with Gasteiger partial charge in [0, 0.05) is 18.7 Å². The topological polar surface area (TPSA) is 80.3 Å². The van der Waals surface area contributed by atoms with Gasteiger partial charge in [-0.15, -0.1) is 0 Å². The summed E-state index contributed by atoms with van der Waals surface area (Å²) in [4.78, 5) is 0.239. The lowest BCUT2D eigenvalue weighted by Gasteiger charge is -2.27. The summed E-state index contributed by atoms with van der Waals surface area (Å²) in [7, 11) is 1.12. The fraction of sp³-hybridized carbons (Fsp3) is 0.440. The largest absolute Gasteiger partial charge is 0.496 e. The van der Waals surface area contributed by atoms with Gasteiger partial charge in [0.15, 0.2) is 5.44 Å². The van der Waals surface area contributed by atoms with Crippen molar-refractivity contribution >= 4 is 22.0 Å². The van der Waals surface area contributed by atoms with E-state index in [4.69, 9.17) is 23.7 Å². The van der Waals surface area contributed by atoms with Gasteiger partial charge in [-0.25, -0.2) is 8.42 Å². The molecule has 0 spiro atoms. The molecule has 7 nitrogen and oxygen atoms in total. The minimum atomic E-state index is -3.62. The molecule has 0 aromatic heterocycles. The third-order valence-electron chi connectivity index (χ3n) is 5.55. The van der Waals surface area contributed by atoms with Crippen LogP contribution in [0.2, 0.25) is 0 Å². The van der Waals surface area contributed by atoms with Gasteiger partial charge in [0.05, 0.1) is 44.5 Å². The molecular weight excluding hydrogens is 444 g/mol. The quantitative estimate of drug-likeness (QED) is 0.464. The van der Waals surface area contributed by atoms with Crippen LogP contribution in [0, 0.1) is 0 Å². The van der Waals surface area contributed by atoms with Gasteiger partial charge in [-0.1, -0.05) is 25.1 Å². The molecule has 1 heterocycles. The molecule has 1 saturated heterocycles. The Morgan fingerprint density at radius 1 is 1.03 bits per heavy atom. The fourth-order valence-corrected chi connectivity index (χ4v) is 5.28. The van der Waals surface area contributed by atoms with Crippen molar-refractivity contribution in [2.75, 3.05) is 34.5 Å². The Morgan fingerprint density at radius 3 is 2.21 bits per heavy atom. The Morgan fingerprint density at radius 2 is 1.70 bits per heavy atom. The van der Waals surface area contributed by atoms with Crippen LogP contribution in [0.1, 0.15) is 37.3 Å². The summed E-state index contributed by atoms with van der Waals surface area (Å²) in [6.45, 7) is 2.96. The standard InChI is InChI=1S/C25H32O7S/c1-5-25(32-19-7-6-14-31-17-19)33(26,27)21-11-8-18(9-12-21)10-13-22-23(29-3)15-20(28-2)16-24(22)30-4/h8-13,15-16,19,25H,5-7,14,17H2,1-4H3. The van der Waals surface area contributed by atoms with E-state index in [1.165, 1.54) is 0 Å². The van der Waals surface area contributed by atoms with Crippen LogP contribution in [-0.4, -0.2) is 54.5 Å². The SMILES string of the molecule is CCC(OC1CCCOC1)S(=O)(=O)c1ccc(C=Cc2c(OC)cc(OC)cc2OC)cc1. The summed E-state index contributed by atoms with van der Waals surface area (Å²) >= 11 is 0. The average Bonchev–Trinajstić information content (AvgIpc) is 2.86. The summed E-state index contributed by atoms with van der Waals surface area (Å²) in [5.74, 6) is 1.84. The van der Waals surface area contributed by atoms with Gasteiger partial charge in [0.2, 0.25) is 9.84 Å². The first-order chi connectivity index (χ1) is 15.9. The highest BCUT2D eigenvalue weighted by molar-refractivity contribution is 7.91. The maximum Gasteiger partial charge on any atom is 0.205 e. The van der Waals surface area contributed by atoms with Crippen LogP contribution in [0.5, 0.6) is 17.2 Å². The highest BCUT2D eigenvalue weighted by Gasteiger charge is 2.30. The van der Waals surface area contributed by atoms with E-state index < -0.39 is 15.3 Å². The lowest BCUT2D eigenvalue weighted by atomic mass is 10.1. The van der Waals surface area contributed by atoms with Crippen LogP contribution >= 0.6 is 0 Å². The van der Waals surface area contributed by atoms with Gasteiger partial charge in [-0.05, 0) is 43.0 Å². The van der Waals surface area contributed by atoms with E-state index in [0.29, 0.717) is 36.9 Å². The smallest absolute Gasteiger partial charge is 0.205 e. The summed E-state index contributed by atoms with van der Waals surface area (Å²) in [6, 6.07) is 10.3. The Kier molecular flexibility index (Phi) is 8.77.